The third kappa shape index (κ3) is 3.43. The molecule has 1 heteroatoms. The van der Waals surface area contributed by atoms with E-state index in [0.29, 0.717) is 0 Å². The zero-order chi connectivity index (χ0) is 20.7. The number of hydrogen-bond acceptors (Lipinski definition) is 0. The Hall–Kier alpha value is -2.93. The first-order valence-corrected chi connectivity index (χ1v) is 11.2. The van der Waals surface area contributed by atoms with Crippen molar-refractivity contribution in [3.8, 4) is 22.4 Å². The molecule has 0 amide bonds. The third-order valence-electron chi connectivity index (χ3n) is 6.90. The number of aromatic nitrogens is 1. The van der Waals surface area contributed by atoms with Gasteiger partial charge in [-0.2, -0.15) is 0 Å². The normalized spacial score (nSPS) is 14.5. The molecule has 0 saturated heterocycles. The Morgan fingerprint density at radius 1 is 0.733 bits per heavy atom. The molecule has 0 unspecified atom stereocenters. The quantitative estimate of drug-likeness (QED) is 0.323. The molecule has 1 fully saturated rings. The molecular formula is C29H30N+. The smallest absolute Gasteiger partial charge is 0.201 e. The monoisotopic (exact) mass is 392 g/mol. The molecule has 1 aliphatic rings. The van der Waals surface area contributed by atoms with Gasteiger partial charge >= 0.3 is 0 Å². The summed E-state index contributed by atoms with van der Waals surface area (Å²) in [6.45, 7) is 4.40. The molecule has 1 aromatic heterocycles. The second-order valence-electron chi connectivity index (χ2n) is 8.98. The summed E-state index contributed by atoms with van der Waals surface area (Å²) >= 11 is 0. The van der Waals surface area contributed by atoms with Crippen molar-refractivity contribution < 1.29 is 4.57 Å². The molecule has 150 valence electrons. The van der Waals surface area contributed by atoms with Crippen LogP contribution in [0.5, 0.6) is 0 Å². The number of hydrogen-bond donors (Lipinski definition) is 0. The van der Waals surface area contributed by atoms with Crippen LogP contribution in [0.3, 0.4) is 0 Å². The molecule has 4 aromatic rings. The molecular weight excluding hydrogens is 362 g/mol. The summed E-state index contributed by atoms with van der Waals surface area (Å²) in [4.78, 5) is 0. The van der Waals surface area contributed by atoms with Gasteiger partial charge < -0.3 is 0 Å². The van der Waals surface area contributed by atoms with Crippen LogP contribution < -0.4 is 4.57 Å². The fraction of sp³-hybridized carbons (Fsp3) is 0.276. The second-order valence-corrected chi connectivity index (χ2v) is 8.98. The molecule has 0 atom stereocenters. The lowest BCUT2D eigenvalue weighted by atomic mass is 9.92. The van der Waals surface area contributed by atoms with Crippen LogP contribution in [0.25, 0.3) is 33.2 Å². The Morgan fingerprint density at radius 3 is 2.27 bits per heavy atom. The molecule has 0 radical (unpaired) electrons. The van der Waals surface area contributed by atoms with E-state index in [1.165, 1.54) is 75.5 Å². The average molecular weight is 393 g/mol. The molecule has 0 bridgehead atoms. The molecule has 1 nitrogen and oxygen atoms in total. The van der Waals surface area contributed by atoms with Gasteiger partial charge in [-0.1, -0.05) is 61.4 Å². The number of benzene rings is 3. The SMILES string of the molecule is Cc1c[n+](C)c(-c2ccccc2C)cc1-c1ccc2cc(C3CCCC3)ccc2c1. The zero-order valence-corrected chi connectivity index (χ0v) is 18.3. The van der Waals surface area contributed by atoms with Crippen LogP contribution in [0.1, 0.15) is 48.3 Å². The standard InChI is InChI=1S/C29H30N/c1-20-8-4-7-11-27(20)29-18-28(21(2)19-30(29)3)26-15-14-24-16-23(12-13-25(24)17-26)22-9-5-6-10-22/h4,7-8,11-19,22H,5-6,9-10H2,1-3H3/q+1. The highest BCUT2D eigenvalue weighted by Gasteiger charge is 2.18. The number of aryl methyl sites for hydroxylation is 3. The number of rotatable bonds is 3. The summed E-state index contributed by atoms with van der Waals surface area (Å²) in [6.07, 6.45) is 7.73. The van der Waals surface area contributed by atoms with E-state index in [1.807, 2.05) is 0 Å². The van der Waals surface area contributed by atoms with E-state index in [9.17, 15) is 0 Å². The van der Waals surface area contributed by atoms with Gasteiger partial charge in [-0.3, -0.25) is 0 Å². The van der Waals surface area contributed by atoms with Crippen LogP contribution >= 0.6 is 0 Å². The molecule has 1 aliphatic carbocycles. The average Bonchev–Trinajstić information content (AvgIpc) is 3.29. The molecule has 0 spiro atoms. The van der Waals surface area contributed by atoms with Crippen molar-refractivity contribution in [2.45, 2.75) is 45.4 Å². The minimum atomic E-state index is 0.766. The van der Waals surface area contributed by atoms with Gasteiger partial charge in [-0.15, -0.1) is 0 Å². The van der Waals surface area contributed by atoms with Crippen LogP contribution in [0.15, 0.2) is 72.9 Å². The van der Waals surface area contributed by atoms with Gasteiger partial charge in [0.05, 0.1) is 0 Å². The van der Waals surface area contributed by atoms with Crippen molar-refractivity contribution in [2.24, 2.45) is 7.05 Å². The van der Waals surface area contributed by atoms with Crippen LogP contribution in [0, 0.1) is 13.8 Å². The van der Waals surface area contributed by atoms with Crippen molar-refractivity contribution in [3.63, 3.8) is 0 Å². The van der Waals surface area contributed by atoms with Crippen molar-refractivity contribution in [3.05, 3.63) is 89.6 Å². The maximum atomic E-state index is 2.42. The van der Waals surface area contributed by atoms with Gasteiger partial charge in [0.1, 0.15) is 7.05 Å². The van der Waals surface area contributed by atoms with E-state index >= 15 is 0 Å². The van der Waals surface area contributed by atoms with E-state index in [0.717, 1.165) is 5.92 Å². The molecule has 5 rings (SSSR count). The second kappa shape index (κ2) is 7.72. The molecule has 30 heavy (non-hydrogen) atoms. The number of nitrogens with zero attached hydrogens (tertiary/aromatic N) is 1. The van der Waals surface area contributed by atoms with Crippen molar-refractivity contribution in [1.82, 2.24) is 0 Å². The van der Waals surface area contributed by atoms with Crippen LogP contribution in [-0.2, 0) is 7.05 Å². The minimum absolute atomic E-state index is 0.766. The maximum Gasteiger partial charge on any atom is 0.213 e. The largest absolute Gasteiger partial charge is 0.213 e. The first kappa shape index (κ1) is 19.1. The predicted molar refractivity (Wildman–Crippen MR) is 127 cm³/mol. The molecule has 0 N–H and O–H groups in total. The van der Waals surface area contributed by atoms with Gasteiger partial charge in [-0.25, -0.2) is 4.57 Å². The lowest BCUT2D eigenvalue weighted by Crippen LogP contribution is -2.31. The Bertz CT molecular complexity index is 1230. The Kier molecular flexibility index (Phi) is 4.90. The van der Waals surface area contributed by atoms with E-state index in [-0.39, 0.29) is 0 Å². The van der Waals surface area contributed by atoms with Crippen molar-refractivity contribution in [2.75, 3.05) is 0 Å². The fourth-order valence-electron chi connectivity index (χ4n) is 5.17. The van der Waals surface area contributed by atoms with Crippen LogP contribution in [0.4, 0.5) is 0 Å². The van der Waals surface area contributed by atoms with E-state index in [4.69, 9.17) is 0 Å². The van der Waals surface area contributed by atoms with Gasteiger partial charge in [0.15, 0.2) is 6.20 Å². The Morgan fingerprint density at radius 2 is 1.47 bits per heavy atom. The van der Waals surface area contributed by atoms with Gasteiger partial charge in [0.25, 0.3) is 0 Å². The number of pyridine rings is 1. The van der Waals surface area contributed by atoms with E-state index in [2.05, 4.69) is 98.4 Å². The van der Waals surface area contributed by atoms with Crippen LogP contribution in [0.2, 0.25) is 0 Å². The lowest BCUT2D eigenvalue weighted by molar-refractivity contribution is -0.660. The summed E-state index contributed by atoms with van der Waals surface area (Å²) in [5, 5.41) is 2.70. The highest BCUT2D eigenvalue weighted by Crippen LogP contribution is 2.36. The maximum absolute atomic E-state index is 2.42. The summed E-state index contributed by atoms with van der Waals surface area (Å²) in [6, 6.07) is 25.1. The summed E-state index contributed by atoms with van der Waals surface area (Å²) in [5.41, 5.74) is 9.29. The Labute approximate surface area is 180 Å². The summed E-state index contributed by atoms with van der Waals surface area (Å²) in [7, 11) is 2.14. The van der Waals surface area contributed by atoms with E-state index in [1.54, 1.807) is 0 Å². The predicted octanol–water partition coefficient (Wildman–Crippen LogP) is 7.27. The van der Waals surface area contributed by atoms with Crippen LogP contribution in [-0.4, -0.2) is 0 Å². The highest BCUT2D eigenvalue weighted by atomic mass is 14.9. The first-order chi connectivity index (χ1) is 14.6. The minimum Gasteiger partial charge on any atom is -0.201 e. The fourth-order valence-corrected chi connectivity index (χ4v) is 5.17. The van der Waals surface area contributed by atoms with Gasteiger partial charge in [0.2, 0.25) is 5.69 Å². The van der Waals surface area contributed by atoms with E-state index < -0.39 is 0 Å². The third-order valence-corrected chi connectivity index (χ3v) is 6.90. The van der Waals surface area contributed by atoms with Gasteiger partial charge in [-0.05, 0) is 77.8 Å². The topological polar surface area (TPSA) is 3.88 Å². The summed E-state index contributed by atoms with van der Waals surface area (Å²) < 4.78 is 2.25. The Balaban J connectivity index is 1.58. The number of fused-ring (bicyclic) bond motifs is 1. The molecule has 1 heterocycles. The molecule has 0 aliphatic heterocycles. The molecule has 3 aromatic carbocycles. The highest BCUT2D eigenvalue weighted by molar-refractivity contribution is 5.88. The van der Waals surface area contributed by atoms with Gasteiger partial charge in [0, 0.05) is 17.2 Å². The zero-order valence-electron chi connectivity index (χ0n) is 18.3. The van der Waals surface area contributed by atoms with Crippen molar-refractivity contribution >= 4 is 10.8 Å². The molecule has 1 saturated carbocycles. The lowest BCUT2D eigenvalue weighted by Gasteiger charge is -2.13. The van der Waals surface area contributed by atoms with Crippen molar-refractivity contribution in [1.29, 1.82) is 0 Å². The summed E-state index contributed by atoms with van der Waals surface area (Å²) in [5.74, 6) is 0.766. The first-order valence-electron chi connectivity index (χ1n) is 11.2.